The van der Waals surface area contributed by atoms with Gasteiger partial charge in [0.2, 0.25) is 0 Å². The Morgan fingerprint density at radius 1 is 1.50 bits per heavy atom. The standard InChI is InChI=1S/C9H19N/c1-4-9(10-3)7(2)8-5-6-8/h7-10H,4-6H2,1-3H3. The Labute approximate surface area is 64.2 Å². The van der Waals surface area contributed by atoms with Crippen LogP contribution in [0.15, 0.2) is 0 Å². The fourth-order valence-corrected chi connectivity index (χ4v) is 1.79. The van der Waals surface area contributed by atoms with Crippen LogP contribution in [0.1, 0.15) is 33.1 Å². The average Bonchev–Trinajstić information content (AvgIpc) is 2.71. The molecule has 1 N–H and O–H groups in total. The summed E-state index contributed by atoms with van der Waals surface area (Å²) in [5.74, 6) is 1.94. The van der Waals surface area contributed by atoms with Crippen LogP contribution in [0, 0.1) is 11.8 Å². The van der Waals surface area contributed by atoms with Gasteiger partial charge < -0.3 is 5.32 Å². The van der Waals surface area contributed by atoms with E-state index in [-0.39, 0.29) is 0 Å². The molecule has 60 valence electrons. The monoisotopic (exact) mass is 141 g/mol. The lowest BCUT2D eigenvalue weighted by atomic mass is 9.95. The molecule has 0 heterocycles. The first kappa shape index (κ1) is 8.06. The van der Waals surface area contributed by atoms with E-state index >= 15 is 0 Å². The quantitative estimate of drug-likeness (QED) is 0.631. The van der Waals surface area contributed by atoms with E-state index in [1.165, 1.54) is 19.3 Å². The SMILES string of the molecule is CCC(NC)C(C)C1CC1. The summed E-state index contributed by atoms with van der Waals surface area (Å²) in [4.78, 5) is 0. The van der Waals surface area contributed by atoms with E-state index in [0.717, 1.165) is 17.9 Å². The van der Waals surface area contributed by atoms with Gasteiger partial charge in [-0.15, -0.1) is 0 Å². The Morgan fingerprint density at radius 3 is 2.40 bits per heavy atom. The largest absolute Gasteiger partial charge is 0.317 e. The Morgan fingerprint density at radius 2 is 2.10 bits per heavy atom. The fraction of sp³-hybridized carbons (Fsp3) is 1.00. The summed E-state index contributed by atoms with van der Waals surface area (Å²) in [6.45, 7) is 4.64. The lowest BCUT2D eigenvalue weighted by Crippen LogP contribution is -2.32. The average molecular weight is 141 g/mol. The van der Waals surface area contributed by atoms with E-state index in [2.05, 4.69) is 26.2 Å². The molecule has 2 atom stereocenters. The van der Waals surface area contributed by atoms with Crippen LogP contribution in [-0.2, 0) is 0 Å². The minimum absolute atomic E-state index is 0.757. The molecule has 0 aliphatic heterocycles. The third-order valence-electron chi connectivity index (χ3n) is 2.81. The van der Waals surface area contributed by atoms with E-state index in [1.54, 1.807) is 0 Å². The van der Waals surface area contributed by atoms with Crippen molar-refractivity contribution in [2.24, 2.45) is 11.8 Å². The van der Waals surface area contributed by atoms with Crippen molar-refractivity contribution in [2.75, 3.05) is 7.05 Å². The predicted octanol–water partition coefficient (Wildman–Crippen LogP) is 2.03. The molecule has 1 saturated carbocycles. The van der Waals surface area contributed by atoms with Gasteiger partial charge in [-0.25, -0.2) is 0 Å². The van der Waals surface area contributed by atoms with Gasteiger partial charge in [-0.1, -0.05) is 13.8 Å². The van der Waals surface area contributed by atoms with Crippen molar-refractivity contribution in [2.45, 2.75) is 39.2 Å². The summed E-state index contributed by atoms with van der Waals surface area (Å²) >= 11 is 0. The summed E-state index contributed by atoms with van der Waals surface area (Å²) < 4.78 is 0. The summed E-state index contributed by atoms with van der Waals surface area (Å²) in [6.07, 6.45) is 4.22. The van der Waals surface area contributed by atoms with Crippen molar-refractivity contribution in [3.05, 3.63) is 0 Å². The molecule has 10 heavy (non-hydrogen) atoms. The van der Waals surface area contributed by atoms with Crippen molar-refractivity contribution < 1.29 is 0 Å². The van der Waals surface area contributed by atoms with Gasteiger partial charge in [0.05, 0.1) is 0 Å². The van der Waals surface area contributed by atoms with Crippen LogP contribution in [0.2, 0.25) is 0 Å². The Kier molecular flexibility index (Phi) is 2.72. The van der Waals surface area contributed by atoms with Crippen LogP contribution < -0.4 is 5.32 Å². The van der Waals surface area contributed by atoms with E-state index in [1.807, 2.05) is 0 Å². The number of hydrogen-bond donors (Lipinski definition) is 1. The molecule has 0 bridgehead atoms. The van der Waals surface area contributed by atoms with E-state index in [0.29, 0.717) is 0 Å². The van der Waals surface area contributed by atoms with Crippen molar-refractivity contribution in [3.63, 3.8) is 0 Å². The molecule has 0 aromatic heterocycles. The molecule has 1 aliphatic carbocycles. The summed E-state index contributed by atoms with van der Waals surface area (Å²) in [5.41, 5.74) is 0. The second-order valence-corrected chi connectivity index (χ2v) is 3.50. The third kappa shape index (κ3) is 1.72. The maximum atomic E-state index is 3.37. The minimum atomic E-state index is 0.757. The number of hydrogen-bond acceptors (Lipinski definition) is 1. The highest BCUT2D eigenvalue weighted by atomic mass is 14.9. The zero-order valence-electron chi connectivity index (χ0n) is 7.35. The van der Waals surface area contributed by atoms with Gasteiger partial charge in [-0.3, -0.25) is 0 Å². The molecule has 1 rings (SSSR count). The molecular weight excluding hydrogens is 122 g/mol. The van der Waals surface area contributed by atoms with Crippen molar-refractivity contribution >= 4 is 0 Å². The third-order valence-corrected chi connectivity index (χ3v) is 2.81. The van der Waals surface area contributed by atoms with Crippen LogP contribution in [-0.4, -0.2) is 13.1 Å². The molecular formula is C9H19N. The smallest absolute Gasteiger partial charge is 0.00897 e. The highest BCUT2D eigenvalue weighted by Crippen LogP contribution is 2.38. The highest BCUT2D eigenvalue weighted by Gasteiger charge is 2.31. The maximum absolute atomic E-state index is 3.37. The molecule has 0 amide bonds. The molecule has 2 unspecified atom stereocenters. The lowest BCUT2D eigenvalue weighted by molar-refractivity contribution is 0.351. The number of rotatable bonds is 4. The molecule has 0 saturated heterocycles. The topological polar surface area (TPSA) is 12.0 Å². The molecule has 1 heteroatoms. The van der Waals surface area contributed by atoms with Gasteiger partial charge in [0, 0.05) is 6.04 Å². The zero-order chi connectivity index (χ0) is 7.56. The Hall–Kier alpha value is -0.0400. The van der Waals surface area contributed by atoms with Crippen molar-refractivity contribution in [1.29, 1.82) is 0 Å². The second-order valence-electron chi connectivity index (χ2n) is 3.50. The molecule has 0 spiro atoms. The second kappa shape index (κ2) is 3.38. The van der Waals surface area contributed by atoms with E-state index in [4.69, 9.17) is 0 Å². The summed E-state index contributed by atoms with van der Waals surface area (Å²) in [7, 11) is 2.08. The van der Waals surface area contributed by atoms with Crippen molar-refractivity contribution in [1.82, 2.24) is 5.32 Å². The first-order valence-electron chi connectivity index (χ1n) is 4.46. The van der Waals surface area contributed by atoms with Crippen LogP contribution in [0.5, 0.6) is 0 Å². The van der Waals surface area contributed by atoms with Crippen molar-refractivity contribution in [3.8, 4) is 0 Å². The van der Waals surface area contributed by atoms with Crippen LogP contribution >= 0.6 is 0 Å². The molecule has 1 aliphatic rings. The number of nitrogens with one attached hydrogen (secondary N) is 1. The molecule has 0 aromatic carbocycles. The lowest BCUT2D eigenvalue weighted by Gasteiger charge is -2.21. The molecule has 1 nitrogen and oxygen atoms in total. The summed E-state index contributed by atoms with van der Waals surface area (Å²) in [5, 5.41) is 3.37. The van der Waals surface area contributed by atoms with Gasteiger partial charge in [-0.05, 0) is 38.1 Å². The molecule has 0 radical (unpaired) electrons. The maximum Gasteiger partial charge on any atom is 0.00897 e. The minimum Gasteiger partial charge on any atom is -0.317 e. The normalized spacial score (nSPS) is 24.3. The van der Waals surface area contributed by atoms with Gasteiger partial charge in [0.15, 0.2) is 0 Å². The van der Waals surface area contributed by atoms with E-state index in [9.17, 15) is 0 Å². The Balaban J connectivity index is 2.27. The van der Waals surface area contributed by atoms with Gasteiger partial charge in [-0.2, -0.15) is 0 Å². The fourth-order valence-electron chi connectivity index (χ4n) is 1.79. The summed E-state index contributed by atoms with van der Waals surface area (Å²) in [6, 6.07) is 0.757. The van der Waals surface area contributed by atoms with Crippen LogP contribution in [0.4, 0.5) is 0 Å². The highest BCUT2D eigenvalue weighted by molar-refractivity contribution is 4.85. The Bertz CT molecular complexity index is 92.9. The van der Waals surface area contributed by atoms with Gasteiger partial charge in [0.1, 0.15) is 0 Å². The van der Waals surface area contributed by atoms with Gasteiger partial charge in [0.25, 0.3) is 0 Å². The van der Waals surface area contributed by atoms with Gasteiger partial charge >= 0.3 is 0 Å². The molecule has 0 aromatic rings. The molecule has 1 fully saturated rings. The van der Waals surface area contributed by atoms with Crippen LogP contribution in [0.25, 0.3) is 0 Å². The predicted molar refractivity (Wildman–Crippen MR) is 45.0 cm³/mol. The van der Waals surface area contributed by atoms with E-state index < -0.39 is 0 Å². The van der Waals surface area contributed by atoms with Crippen LogP contribution in [0.3, 0.4) is 0 Å². The first-order chi connectivity index (χ1) is 4.79. The zero-order valence-corrected chi connectivity index (χ0v) is 7.35. The first-order valence-corrected chi connectivity index (χ1v) is 4.46.